The third kappa shape index (κ3) is 6.43. The van der Waals surface area contributed by atoms with Crippen molar-refractivity contribution in [3.05, 3.63) is 24.2 Å². The normalized spacial score (nSPS) is 20.9. The molecule has 1 N–H and O–H groups in total. The highest BCUT2D eigenvalue weighted by Gasteiger charge is 2.25. The molecule has 0 radical (unpaired) electrons. The molecule has 0 saturated carbocycles. The Bertz CT molecular complexity index is 514. The predicted molar refractivity (Wildman–Crippen MR) is 106 cm³/mol. The quantitative estimate of drug-likeness (QED) is 0.808. The van der Waals surface area contributed by atoms with Gasteiger partial charge >= 0.3 is 0 Å². The largest absolute Gasteiger partial charge is 0.467 e. The van der Waals surface area contributed by atoms with E-state index in [1.807, 2.05) is 4.90 Å². The summed E-state index contributed by atoms with van der Waals surface area (Å²) in [7, 11) is 0. The first kappa shape index (κ1) is 23.2. The zero-order valence-corrected chi connectivity index (χ0v) is 17.0. The lowest BCUT2D eigenvalue weighted by atomic mass is 9.99. The number of amides is 1. The van der Waals surface area contributed by atoms with Crippen molar-refractivity contribution in [1.29, 1.82) is 0 Å². The van der Waals surface area contributed by atoms with E-state index < -0.39 is 6.10 Å². The number of piperidine rings is 1. The molecule has 1 aromatic heterocycles. The summed E-state index contributed by atoms with van der Waals surface area (Å²) >= 11 is 0. The summed E-state index contributed by atoms with van der Waals surface area (Å²) in [4.78, 5) is 18.9. The zero-order chi connectivity index (χ0) is 16.9. The molecule has 0 aromatic carbocycles. The molecule has 1 unspecified atom stereocenters. The number of halogens is 2. The first-order valence-corrected chi connectivity index (χ1v) is 9.06. The monoisotopic (exact) mass is 407 g/mol. The van der Waals surface area contributed by atoms with Gasteiger partial charge in [-0.2, -0.15) is 0 Å². The Hall–Kier alpha value is -0.790. The van der Waals surface area contributed by atoms with Gasteiger partial charge in [-0.05, 0) is 30.9 Å². The molecule has 0 bridgehead atoms. The number of rotatable bonds is 5. The molecule has 0 spiro atoms. The minimum Gasteiger partial charge on any atom is -0.467 e. The van der Waals surface area contributed by atoms with Crippen LogP contribution in [0.25, 0.3) is 0 Å². The molecule has 2 aliphatic rings. The number of carbonyl (C=O) groups excluding carboxylic acids is 1. The van der Waals surface area contributed by atoms with Gasteiger partial charge in [-0.3, -0.25) is 14.6 Å². The predicted octanol–water partition coefficient (Wildman–Crippen LogP) is 2.03. The smallest absolute Gasteiger partial charge is 0.236 e. The molecule has 2 aliphatic heterocycles. The van der Waals surface area contributed by atoms with Crippen LogP contribution in [0.1, 0.15) is 31.6 Å². The van der Waals surface area contributed by atoms with Crippen LogP contribution in [0.15, 0.2) is 22.8 Å². The number of aliphatic hydroxyl groups excluding tert-OH is 1. The molecule has 1 amide bonds. The lowest BCUT2D eigenvalue weighted by molar-refractivity contribution is -0.134. The molecule has 8 heteroatoms. The average molecular weight is 408 g/mol. The second kappa shape index (κ2) is 11.1. The highest BCUT2D eigenvalue weighted by molar-refractivity contribution is 5.85. The lowest BCUT2D eigenvalue weighted by Crippen LogP contribution is -2.51. The number of carbonyl (C=O) groups is 1. The van der Waals surface area contributed by atoms with Crippen molar-refractivity contribution in [2.75, 3.05) is 52.4 Å². The molecule has 2 saturated heterocycles. The van der Waals surface area contributed by atoms with E-state index in [4.69, 9.17) is 4.42 Å². The number of piperazine rings is 1. The number of likely N-dealkylation sites (tertiary alicyclic amines) is 1. The van der Waals surface area contributed by atoms with Gasteiger partial charge in [0.15, 0.2) is 0 Å². The summed E-state index contributed by atoms with van der Waals surface area (Å²) in [6.45, 7) is 8.71. The Balaban J connectivity index is 0.00000169. The molecular formula is C18H31Cl2N3O3. The highest BCUT2D eigenvalue weighted by Crippen LogP contribution is 2.17. The van der Waals surface area contributed by atoms with E-state index in [9.17, 15) is 9.90 Å². The molecule has 2 fully saturated rings. The Morgan fingerprint density at radius 3 is 2.35 bits per heavy atom. The lowest BCUT2D eigenvalue weighted by Gasteiger charge is -2.37. The molecule has 6 nitrogen and oxygen atoms in total. The van der Waals surface area contributed by atoms with Crippen molar-refractivity contribution in [2.24, 2.45) is 5.92 Å². The van der Waals surface area contributed by atoms with E-state index in [2.05, 4.69) is 16.7 Å². The maximum atomic E-state index is 12.4. The van der Waals surface area contributed by atoms with E-state index in [0.717, 1.165) is 58.0 Å². The van der Waals surface area contributed by atoms with E-state index in [0.29, 0.717) is 18.8 Å². The van der Waals surface area contributed by atoms with Crippen LogP contribution in [0.5, 0.6) is 0 Å². The minimum absolute atomic E-state index is 0. The van der Waals surface area contributed by atoms with Crippen LogP contribution < -0.4 is 0 Å². The average Bonchev–Trinajstić information content (AvgIpc) is 3.12. The first-order valence-electron chi connectivity index (χ1n) is 9.06. The van der Waals surface area contributed by atoms with Crippen LogP contribution in [0.2, 0.25) is 0 Å². The number of nitrogens with zero attached hydrogens (tertiary/aromatic N) is 3. The molecule has 0 aliphatic carbocycles. The van der Waals surface area contributed by atoms with Crippen molar-refractivity contribution < 1.29 is 14.3 Å². The van der Waals surface area contributed by atoms with E-state index in [-0.39, 0.29) is 30.7 Å². The van der Waals surface area contributed by atoms with Crippen molar-refractivity contribution in [3.63, 3.8) is 0 Å². The van der Waals surface area contributed by atoms with Crippen molar-refractivity contribution in [3.8, 4) is 0 Å². The zero-order valence-electron chi connectivity index (χ0n) is 15.4. The SMILES string of the molecule is CC1CCN(C(=O)CN2CCN(CC(O)c3ccco3)CC2)CC1.Cl.Cl. The summed E-state index contributed by atoms with van der Waals surface area (Å²) in [5.41, 5.74) is 0. The fourth-order valence-electron chi connectivity index (χ4n) is 3.49. The first-order chi connectivity index (χ1) is 11.6. The van der Waals surface area contributed by atoms with Crippen LogP contribution >= 0.6 is 24.8 Å². The summed E-state index contributed by atoms with van der Waals surface area (Å²) in [5, 5.41) is 10.2. The topological polar surface area (TPSA) is 60.2 Å². The van der Waals surface area contributed by atoms with Crippen LogP contribution in [0.4, 0.5) is 0 Å². The maximum absolute atomic E-state index is 12.4. The molecule has 3 rings (SSSR count). The third-order valence-corrected chi connectivity index (χ3v) is 5.26. The summed E-state index contributed by atoms with van der Waals surface area (Å²) < 4.78 is 5.25. The van der Waals surface area contributed by atoms with Crippen LogP contribution in [-0.4, -0.2) is 78.1 Å². The van der Waals surface area contributed by atoms with Gasteiger partial charge in [-0.1, -0.05) is 6.92 Å². The van der Waals surface area contributed by atoms with E-state index in [1.165, 1.54) is 0 Å². The number of hydrogen-bond acceptors (Lipinski definition) is 5. The Morgan fingerprint density at radius 1 is 1.15 bits per heavy atom. The van der Waals surface area contributed by atoms with Gasteiger partial charge in [0.25, 0.3) is 0 Å². The van der Waals surface area contributed by atoms with Gasteiger partial charge < -0.3 is 14.4 Å². The third-order valence-electron chi connectivity index (χ3n) is 5.26. The Morgan fingerprint density at radius 2 is 1.77 bits per heavy atom. The number of β-amino-alcohol motifs (C(OH)–C–C–N with tert-alkyl or cyclic N) is 1. The molecule has 1 atom stereocenters. The van der Waals surface area contributed by atoms with Gasteiger partial charge in [-0.15, -0.1) is 24.8 Å². The van der Waals surface area contributed by atoms with E-state index in [1.54, 1.807) is 18.4 Å². The van der Waals surface area contributed by atoms with Gasteiger partial charge in [0.05, 0.1) is 12.8 Å². The molecule has 26 heavy (non-hydrogen) atoms. The molecule has 150 valence electrons. The molecular weight excluding hydrogens is 377 g/mol. The molecule has 3 heterocycles. The van der Waals surface area contributed by atoms with Crippen molar-refractivity contribution >= 4 is 30.7 Å². The van der Waals surface area contributed by atoms with E-state index >= 15 is 0 Å². The van der Waals surface area contributed by atoms with Gasteiger partial charge in [0, 0.05) is 45.8 Å². The minimum atomic E-state index is -0.580. The maximum Gasteiger partial charge on any atom is 0.236 e. The summed E-state index contributed by atoms with van der Waals surface area (Å²) in [6.07, 6.45) is 3.26. The Kier molecular flexibility index (Phi) is 9.97. The van der Waals surface area contributed by atoms with Crippen molar-refractivity contribution in [1.82, 2.24) is 14.7 Å². The van der Waals surface area contributed by atoms with Crippen LogP contribution in [0, 0.1) is 5.92 Å². The van der Waals surface area contributed by atoms with Crippen molar-refractivity contribution in [2.45, 2.75) is 25.9 Å². The summed E-state index contributed by atoms with van der Waals surface area (Å²) in [5.74, 6) is 1.64. The fraction of sp³-hybridized carbons (Fsp3) is 0.722. The number of hydrogen-bond donors (Lipinski definition) is 1. The van der Waals surface area contributed by atoms with Gasteiger partial charge in [0.1, 0.15) is 11.9 Å². The van der Waals surface area contributed by atoms with Crippen LogP contribution in [0.3, 0.4) is 0 Å². The fourth-order valence-corrected chi connectivity index (χ4v) is 3.49. The summed E-state index contributed by atoms with van der Waals surface area (Å²) in [6, 6.07) is 3.60. The second-order valence-corrected chi connectivity index (χ2v) is 7.17. The molecule has 1 aromatic rings. The second-order valence-electron chi connectivity index (χ2n) is 7.17. The highest BCUT2D eigenvalue weighted by atomic mass is 35.5. The number of furan rings is 1. The van der Waals surface area contributed by atoms with Crippen LogP contribution in [-0.2, 0) is 4.79 Å². The van der Waals surface area contributed by atoms with Gasteiger partial charge in [0.2, 0.25) is 5.91 Å². The van der Waals surface area contributed by atoms with Gasteiger partial charge in [-0.25, -0.2) is 0 Å². The number of aliphatic hydroxyl groups is 1. The Labute approximate surface area is 168 Å². The standard InChI is InChI=1S/C18H29N3O3.2ClH/c1-15-4-6-21(7-5-15)18(23)14-20-10-8-19(9-11-20)13-16(22)17-3-2-12-24-17;;/h2-3,12,15-16,22H,4-11,13-14H2,1H3;2*1H.